The third-order valence-corrected chi connectivity index (χ3v) is 2.40. The van der Waals surface area contributed by atoms with Crippen LogP contribution in [0.2, 0.25) is 5.02 Å². The smallest absolute Gasteiger partial charge is 0.138 e. The third kappa shape index (κ3) is 4.96. The molecule has 0 radical (unpaired) electrons. The Morgan fingerprint density at radius 1 is 1.33 bits per heavy atom. The molecule has 1 aromatic carbocycles. The van der Waals surface area contributed by atoms with Crippen molar-refractivity contribution in [3.05, 3.63) is 34.9 Å². The summed E-state index contributed by atoms with van der Waals surface area (Å²) in [5, 5.41) is 3.84. The Morgan fingerprint density at radius 3 is 2.60 bits per heavy atom. The highest BCUT2D eigenvalue weighted by atomic mass is 35.5. The Balaban J connectivity index is 2.34. The monoisotopic (exact) mass is 225 g/mol. The molecule has 0 fully saturated rings. The second-order valence-electron chi connectivity index (χ2n) is 3.45. The Morgan fingerprint density at radius 2 is 2.00 bits per heavy atom. The van der Waals surface area contributed by atoms with Gasteiger partial charge in [-0.3, -0.25) is 4.79 Å². The molecule has 2 nitrogen and oxygen atoms in total. The first-order valence-electron chi connectivity index (χ1n) is 5.19. The molecule has 0 unspecified atom stereocenters. The van der Waals surface area contributed by atoms with Gasteiger partial charge in [0.25, 0.3) is 0 Å². The molecule has 15 heavy (non-hydrogen) atoms. The zero-order valence-electron chi connectivity index (χ0n) is 8.92. The Bertz CT molecular complexity index is 308. The van der Waals surface area contributed by atoms with E-state index in [-0.39, 0.29) is 5.78 Å². The lowest BCUT2D eigenvalue weighted by Gasteiger charge is -2.02. The van der Waals surface area contributed by atoms with Crippen LogP contribution in [0.3, 0.4) is 0 Å². The van der Waals surface area contributed by atoms with Gasteiger partial charge in [0.2, 0.25) is 0 Å². The van der Waals surface area contributed by atoms with Crippen LogP contribution in [0.1, 0.15) is 18.9 Å². The summed E-state index contributed by atoms with van der Waals surface area (Å²) >= 11 is 5.76. The van der Waals surface area contributed by atoms with Gasteiger partial charge in [0.15, 0.2) is 0 Å². The highest BCUT2D eigenvalue weighted by molar-refractivity contribution is 6.30. The van der Waals surface area contributed by atoms with E-state index in [0.29, 0.717) is 17.9 Å². The van der Waals surface area contributed by atoms with E-state index in [9.17, 15) is 4.79 Å². The normalized spacial score (nSPS) is 10.3. The number of benzene rings is 1. The average molecular weight is 226 g/mol. The van der Waals surface area contributed by atoms with Crippen molar-refractivity contribution in [2.75, 3.05) is 13.1 Å². The van der Waals surface area contributed by atoms with E-state index < -0.39 is 0 Å². The van der Waals surface area contributed by atoms with Crippen molar-refractivity contribution < 1.29 is 4.79 Å². The summed E-state index contributed by atoms with van der Waals surface area (Å²) in [6, 6.07) is 7.42. The summed E-state index contributed by atoms with van der Waals surface area (Å²) in [5.41, 5.74) is 1.03. The second-order valence-corrected chi connectivity index (χ2v) is 3.88. The zero-order valence-corrected chi connectivity index (χ0v) is 9.68. The van der Waals surface area contributed by atoms with E-state index in [1.54, 1.807) is 0 Å². The third-order valence-electron chi connectivity index (χ3n) is 2.15. The van der Waals surface area contributed by atoms with Gasteiger partial charge in [-0.2, -0.15) is 0 Å². The first kappa shape index (κ1) is 12.2. The summed E-state index contributed by atoms with van der Waals surface area (Å²) in [6.45, 7) is 3.71. The lowest BCUT2D eigenvalue weighted by Crippen LogP contribution is -2.18. The molecule has 0 saturated carbocycles. The van der Waals surface area contributed by atoms with Gasteiger partial charge in [0.1, 0.15) is 5.78 Å². The number of halogens is 1. The quantitative estimate of drug-likeness (QED) is 0.754. The maximum absolute atomic E-state index is 11.5. The minimum Gasteiger partial charge on any atom is -0.317 e. The van der Waals surface area contributed by atoms with Gasteiger partial charge in [0.05, 0.1) is 0 Å². The first-order valence-corrected chi connectivity index (χ1v) is 5.57. The van der Waals surface area contributed by atoms with Gasteiger partial charge in [-0.15, -0.1) is 0 Å². The molecule has 0 saturated heterocycles. The number of Topliss-reactive ketones (excluding diaryl/α,β-unsaturated/α-hetero) is 1. The minimum atomic E-state index is 0.262. The van der Waals surface area contributed by atoms with Crippen molar-refractivity contribution in [3.63, 3.8) is 0 Å². The Kier molecular flexibility index (Phi) is 5.37. The molecule has 0 aromatic heterocycles. The van der Waals surface area contributed by atoms with Crippen molar-refractivity contribution in [1.82, 2.24) is 5.32 Å². The molecule has 0 amide bonds. The van der Waals surface area contributed by atoms with Crippen LogP contribution in [0.5, 0.6) is 0 Å². The lowest BCUT2D eigenvalue weighted by molar-refractivity contribution is -0.118. The fourth-order valence-corrected chi connectivity index (χ4v) is 1.45. The van der Waals surface area contributed by atoms with Crippen LogP contribution in [-0.4, -0.2) is 18.9 Å². The van der Waals surface area contributed by atoms with Crippen molar-refractivity contribution in [2.24, 2.45) is 0 Å². The number of hydrogen-bond acceptors (Lipinski definition) is 2. The standard InChI is InChI=1S/C12H16ClNO/c1-2-14-8-7-12(15)9-10-3-5-11(13)6-4-10/h3-6,14H,2,7-9H2,1H3. The average Bonchev–Trinajstić information content (AvgIpc) is 2.22. The lowest BCUT2D eigenvalue weighted by atomic mass is 10.1. The molecular weight excluding hydrogens is 210 g/mol. The fourth-order valence-electron chi connectivity index (χ4n) is 1.32. The SMILES string of the molecule is CCNCCC(=O)Cc1ccc(Cl)cc1. The van der Waals surface area contributed by atoms with Gasteiger partial charge in [0, 0.05) is 24.4 Å². The first-order chi connectivity index (χ1) is 7.22. The topological polar surface area (TPSA) is 29.1 Å². The molecule has 1 aromatic rings. The van der Waals surface area contributed by atoms with E-state index in [4.69, 9.17) is 11.6 Å². The van der Waals surface area contributed by atoms with Crippen molar-refractivity contribution in [1.29, 1.82) is 0 Å². The summed E-state index contributed by atoms with van der Waals surface area (Å²) in [5.74, 6) is 0.262. The van der Waals surface area contributed by atoms with Crippen molar-refractivity contribution in [2.45, 2.75) is 19.8 Å². The molecule has 0 bridgehead atoms. The summed E-state index contributed by atoms with van der Waals surface area (Å²) in [7, 11) is 0. The number of ketones is 1. The van der Waals surface area contributed by atoms with E-state index in [0.717, 1.165) is 18.7 Å². The van der Waals surface area contributed by atoms with Crippen molar-refractivity contribution >= 4 is 17.4 Å². The molecule has 0 aliphatic carbocycles. The molecule has 82 valence electrons. The van der Waals surface area contributed by atoms with Gasteiger partial charge in [-0.1, -0.05) is 30.7 Å². The van der Waals surface area contributed by atoms with Crippen LogP contribution in [0.15, 0.2) is 24.3 Å². The molecular formula is C12H16ClNO. The van der Waals surface area contributed by atoms with Crippen LogP contribution in [0.4, 0.5) is 0 Å². The van der Waals surface area contributed by atoms with E-state index in [2.05, 4.69) is 5.32 Å². The molecule has 0 aliphatic rings. The number of carbonyl (C=O) groups is 1. The largest absolute Gasteiger partial charge is 0.317 e. The predicted molar refractivity (Wildman–Crippen MR) is 63.3 cm³/mol. The van der Waals surface area contributed by atoms with Gasteiger partial charge >= 0.3 is 0 Å². The fraction of sp³-hybridized carbons (Fsp3) is 0.417. The summed E-state index contributed by atoms with van der Waals surface area (Å²) in [6.07, 6.45) is 1.10. The Labute approximate surface area is 95.6 Å². The molecule has 0 aliphatic heterocycles. The summed E-state index contributed by atoms with van der Waals surface area (Å²) < 4.78 is 0. The molecule has 3 heteroatoms. The van der Waals surface area contributed by atoms with Gasteiger partial charge < -0.3 is 5.32 Å². The van der Waals surface area contributed by atoms with E-state index in [1.807, 2.05) is 31.2 Å². The molecule has 0 heterocycles. The van der Waals surface area contributed by atoms with Crippen LogP contribution in [0.25, 0.3) is 0 Å². The van der Waals surface area contributed by atoms with E-state index >= 15 is 0 Å². The van der Waals surface area contributed by atoms with Crippen LogP contribution in [-0.2, 0) is 11.2 Å². The van der Waals surface area contributed by atoms with Crippen LogP contribution < -0.4 is 5.32 Å². The number of carbonyl (C=O) groups excluding carboxylic acids is 1. The van der Waals surface area contributed by atoms with Crippen molar-refractivity contribution in [3.8, 4) is 0 Å². The van der Waals surface area contributed by atoms with Gasteiger partial charge in [-0.05, 0) is 24.2 Å². The summed E-state index contributed by atoms with van der Waals surface area (Å²) in [4.78, 5) is 11.5. The zero-order chi connectivity index (χ0) is 11.1. The maximum Gasteiger partial charge on any atom is 0.138 e. The molecule has 0 atom stereocenters. The predicted octanol–water partition coefficient (Wildman–Crippen LogP) is 2.45. The highest BCUT2D eigenvalue weighted by Gasteiger charge is 2.02. The molecule has 1 N–H and O–H groups in total. The molecule has 0 spiro atoms. The Hall–Kier alpha value is -0.860. The molecule has 1 rings (SSSR count). The maximum atomic E-state index is 11.5. The van der Waals surface area contributed by atoms with Crippen LogP contribution >= 0.6 is 11.6 Å². The van der Waals surface area contributed by atoms with E-state index in [1.165, 1.54) is 0 Å². The number of hydrogen-bond donors (Lipinski definition) is 1. The van der Waals surface area contributed by atoms with Gasteiger partial charge in [-0.25, -0.2) is 0 Å². The number of rotatable bonds is 6. The second kappa shape index (κ2) is 6.59. The minimum absolute atomic E-state index is 0.262. The highest BCUT2D eigenvalue weighted by Crippen LogP contribution is 2.10. The van der Waals surface area contributed by atoms with Crippen LogP contribution in [0, 0.1) is 0 Å². The number of nitrogens with one attached hydrogen (secondary N) is 1.